The van der Waals surface area contributed by atoms with Gasteiger partial charge in [-0.05, 0) is 6.07 Å². The molecule has 0 atom stereocenters. The average Bonchev–Trinajstić information content (AvgIpc) is 2.44. The molecule has 2 rings (SSSR count). The Morgan fingerprint density at radius 3 is 2.57 bits per heavy atom. The maximum atomic E-state index is 4.58. The van der Waals surface area contributed by atoms with Crippen molar-refractivity contribution in [3.05, 3.63) is 24.3 Å². The van der Waals surface area contributed by atoms with E-state index in [0.717, 1.165) is 16.9 Å². The fourth-order valence-corrected chi connectivity index (χ4v) is 1.72. The number of imidazole rings is 1. The minimum atomic E-state index is 0.0772. The van der Waals surface area contributed by atoms with E-state index in [1.54, 1.807) is 6.20 Å². The third-order valence-electron chi connectivity index (χ3n) is 2.35. The maximum Gasteiger partial charge on any atom is 0.115 e. The Labute approximate surface area is 83.8 Å². The van der Waals surface area contributed by atoms with Crippen molar-refractivity contribution in [2.75, 3.05) is 0 Å². The van der Waals surface area contributed by atoms with E-state index < -0.39 is 0 Å². The van der Waals surface area contributed by atoms with Crippen molar-refractivity contribution in [3.63, 3.8) is 0 Å². The lowest BCUT2D eigenvalue weighted by molar-refractivity contribution is 0.526. The smallest absolute Gasteiger partial charge is 0.115 e. The normalized spacial score (nSPS) is 12.3. The van der Waals surface area contributed by atoms with E-state index in [2.05, 4.69) is 42.4 Å². The third-order valence-corrected chi connectivity index (χ3v) is 2.35. The molecule has 2 aromatic heterocycles. The van der Waals surface area contributed by atoms with Crippen molar-refractivity contribution < 1.29 is 0 Å². The van der Waals surface area contributed by atoms with Crippen molar-refractivity contribution in [2.45, 2.75) is 26.2 Å². The largest absolute Gasteiger partial charge is 0.331 e. The monoisotopic (exact) mass is 189 g/mol. The highest BCUT2D eigenvalue weighted by Crippen LogP contribution is 2.24. The van der Waals surface area contributed by atoms with Gasteiger partial charge in [0.25, 0.3) is 0 Å². The molecule has 14 heavy (non-hydrogen) atoms. The summed E-state index contributed by atoms with van der Waals surface area (Å²) in [7, 11) is 2.05. The van der Waals surface area contributed by atoms with Crippen LogP contribution in [0.25, 0.3) is 11.0 Å². The van der Waals surface area contributed by atoms with E-state index in [4.69, 9.17) is 0 Å². The highest BCUT2D eigenvalue weighted by Gasteiger charge is 2.20. The number of fused-ring (bicyclic) bond motifs is 1. The number of hydrogen-bond donors (Lipinski definition) is 0. The first kappa shape index (κ1) is 9.19. The molecule has 0 saturated heterocycles. The second-order valence-electron chi connectivity index (χ2n) is 4.61. The molecular formula is C11H15N3. The molecule has 0 aliphatic heterocycles. The summed E-state index contributed by atoms with van der Waals surface area (Å²) < 4.78 is 2.14. The van der Waals surface area contributed by atoms with E-state index in [0.29, 0.717) is 0 Å². The molecule has 3 heteroatoms. The number of rotatable bonds is 0. The van der Waals surface area contributed by atoms with Gasteiger partial charge < -0.3 is 4.57 Å². The van der Waals surface area contributed by atoms with Gasteiger partial charge in [0.2, 0.25) is 0 Å². The molecule has 0 saturated carbocycles. The molecule has 0 N–H and O–H groups in total. The van der Waals surface area contributed by atoms with Crippen LogP contribution in [0.5, 0.6) is 0 Å². The molecule has 0 bridgehead atoms. The summed E-state index contributed by atoms with van der Waals surface area (Å²) >= 11 is 0. The van der Waals surface area contributed by atoms with Gasteiger partial charge in [0.15, 0.2) is 0 Å². The predicted octanol–water partition coefficient (Wildman–Crippen LogP) is 2.27. The van der Waals surface area contributed by atoms with E-state index >= 15 is 0 Å². The summed E-state index contributed by atoms with van der Waals surface area (Å²) in [6, 6.07) is 2.00. The minimum absolute atomic E-state index is 0.0772. The lowest BCUT2D eigenvalue weighted by Gasteiger charge is -2.17. The Balaban J connectivity index is 2.75. The summed E-state index contributed by atoms with van der Waals surface area (Å²) in [5.74, 6) is 1.10. The zero-order valence-electron chi connectivity index (χ0n) is 9.07. The average molecular weight is 189 g/mol. The summed E-state index contributed by atoms with van der Waals surface area (Å²) in [4.78, 5) is 8.66. The van der Waals surface area contributed by atoms with Gasteiger partial charge in [0, 0.05) is 18.7 Å². The Kier molecular flexibility index (Phi) is 1.84. The SMILES string of the molecule is Cn1c(C(C)(C)C)nc2cnccc21. The summed E-state index contributed by atoms with van der Waals surface area (Å²) in [5.41, 5.74) is 2.19. The molecule has 0 aliphatic carbocycles. The zero-order valence-corrected chi connectivity index (χ0v) is 9.07. The summed E-state index contributed by atoms with van der Waals surface area (Å²) in [5, 5.41) is 0. The van der Waals surface area contributed by atoms with Crippen LogP contribution >= 0.6 is 0 Å². The zero-order chi connectivity index (χ0) is 10.3. The fourth-order valence-electron chi connectivity index (χ4n) is 1.72. The van der Waals surface area contributed by atoms with E-state index in [-0.39, 0.29) is 5.41 Å². The number of pyridine rings is 1. The number of nitrogens with zero attached hydrogens (tertiary/aromatic N) is 3. The quantitative estimate of drug-likeness (QED) is 0.636. The predicted molar refractivity (Wildman–Crippen MR) is 57.2 cm³/mol. The Hall–Kier alpha value is -1.38. The first-order valence-electron chi connectivity index (χ1n) is 4.77. The molecule has 0 amide bonds. The molecule has 2 heterocycles. The third kappa shape index (κ3) is 1.29. The van der Waals surface area contributed by atoms with E-state index in [9.17, 15) is 0 Å². The first-order chi connectivity index (χ1) is 6.50. The van der Waals surface area contributed by atoms with Gasteiger partial charge in [-0.3, -0.25) is 4.98 Å². The molecule has 74 valence electrons. The molecule has 0 radical (unpaired) electrons. The molecular weight excluding hydrogens is 174 g/mol. The summed E-state index contributed by atoms with van der Waals surface area (Å²) in [6.07, 6.45) is 3.61. The Morgan fingerprint density at radius 1 is 1.29 bits per heavy atom. The molecule has 0 aromatic carbocycles. The first-order valence-corrected chi connectivity index (χ1v) is 4.77. The Morgan fingerprint density at radius 2 is 2.00 bits per heavy atom. The van der Waals surface area contributed by atoms with Crippen molar-refractivity contribution in [3.8, 4) is 0 Å². The van der Waals surface area contributed by atoms with Gasteiger partial charge in [-0.1, -0.05) is 20.8 Å². The van der Waals surface area contributed by atoms with Crippen LogP contribution < -0.4 is 0 Å². The van der Waals surface area contributed by atoms with Crippen LogP contribution in [0.15, 0.2) is 18.5 Å². The maximum absolute atomic E-state index is 4.58. The van der Waals surface area contributed by atoms with E-state index in [1.807, 2.05) is 12.3 Å². The molecule has 2 aromatic rings. The second kappa shape index (κ2) is 2.80. The van der Waals surface area contributed by atoms with Crippen molar-refractivity contribution in [2.24, 2.45) is 7.05 Å². The highest BCUT2D eigenvalue weighted by atomic mass is 15.1. The molecule has 3 nitrogen and oxygen atoms in total. The summed E-state index contributed by atoms with van der Waals surface area (Å²) in [6.45, 7) is 6.50. The standard InChI is InChI=1S/C11H15N3/c1-11(2,3)10-13-8-7-12-6-5-9(8)14(10)4/h5-7H,1-4H3. The number of aromatic nitrogens is 3. The van der Waals surface area contributed by atoms with Crippen LogP contribution in [0.3, 0.4) is 0 Å². The van der Waals surface area contributed by atoms with Crippen molar-refractivity contribution in [1.29, 1.82) is 0 Å². The van der Waals surface area contributed by atoms with Gasteiger partial charge >= 0.3 is 0 Å². The molecule has 0 spiro atoms. The van der Waals surface area contributed by atoms with Gasteiger partial charge in [-0.15, -0.1) is 0 Å². The van der Waals surface area contributed by atoms with Crippen LogP contribution in [0.1, 0.15) is 26.6 Å². The molecule has 0 fully saturated rings. The van der Waals surface area contributed by atoms with Crippen LogP contribution in [0, 0.1) is 0 Å². The molecule has 0 unspecified atom stereocenters. The van der Waals surface area contributed by atoms with Gasteiger partial charge in [0.05, 0.1) is 11.7 Å². The van der Waals surface area contributed by atoms with E-state index in [1.165, 1.54) is 0 Å². The van der Waals surface area contributed by atoms with Crippen LogP contribution in [0.4, 0.5) is 0 Å². The van der Waals surface area contributed by atoms with Gasteiger partial charge in [-0.2, -0.15) is 0 Å². The van der Waals surface area contributed by atoms with Crippen LogP contribution in [0.2, 0.25) is 0 Å². The minimum Gasteiger partial charge on any atom is -0.331 e. The highest BCUT2D eigenvalue weighted by molar-refractivity contribution is 5.74. The van der Waals surface area contributed by atoms with Crippen molar-refractivity contribution >= 4 is 11.0 Å². The number of aryl methyl sites for hydroxylation is 1. The lowest BCUT2D eigenvalue weighted by atomic mass is 9.96. The van der Waals surface area contributed by atoms with Crippen LogP contribution in [-0.2, 0) is 12.5 Å². The Bertz CT molecular complexity index is 463. The number of hydrogen-bond acceptors (Lipinski definition) is 2. The van der Waals surface area contributed by atoms with Crippen LogP contribution in [-0.4, -0.2) is 14.5 Å². The lowest BCUT2D eigenvalue weighted by Crippen LogP contribution is -2.17. The van der Waals surface area contributed by atoms with Gasteiger partial charge in [-0.25, -0.2) is 4.98 Å². The van der Waals surface area contributed by atoms with Crippen molar-refractivity contribution in [1.82, 2.24) is 14.5 Å². The molecule has 0 aliphatic rings. The second-order valence-corrected chi connectivity index (χ2v) is 4.61. The topological polar surface area (TPSA) is 30.7 Å². The van der Waals surface area contributed by atoms with Gasteiger partial charge in [0.1, 0.15) is 11.3 Å². The fraction of sp³-hybridized carbons (Fsp3) is 0.455.